The van der Waals surface area contributed by atoms with Crippen molar-refractivity contribution in [1.82, 2.24) is 4.98 Å². The highest BCUT2D eigenvalue weighted by Gasteiger charge is 2.38. The van der Waals surface area contributed by atoms with Crippen molar-refractivity contribution in [3.63, 3.8) is 0 Å². The minimum Gasteiger partial charge on any atom is -0.465 e. The molecule has 0 aliphatic heterocycles. The first kappa shape index (κ1) is 13.0. The average Bonchev–Trinajstić information content (AvgIpc) is 2.15. The fourth-order valence-electron chi connectivity index (χ4n) is 0.917. The highest BCUT2D eigenvalue weighted by Crippen LogP contribution is 2.26. The maximum Gasteiger partial charge on any atom is 0.425 e. The fourth-order valence-corrected chi connectivity index (χ4v) is 0.917. The van der Waals surface area contributed by atoms with Gasteiger partial charge in [-0.3, -0.25) is 10.1 Å². The number of nitrogen functional groups attached to an aromatic ring is 1. The molecule has 1 heterocycles. The Kier molecular flexibility index (Phi) is 3.39. The lowest BCUT2D eigenvalue weighted by atomic mass is 10.3. The summed E-state index contributed by atoms with van der Waals surface area (Å²) in [5, 5.41) is 10.4. The van der Waals surface area contributed by atoms with Crippen molar-refractivity contribution in [3.8, 4) is 5.88 Å². The van der Waals surface area contributed by atoms with E-state index in [1.54, 1.807) is 0 Å². The minimum absolute atomic E-state index is 0.419. The number of rotatable bonds is 3. The number of nitro groups is 1. The summed E-state index contributed by atoms with van der Waals surface area (Å²) in [4.78, 5) is 12.9. The molecule has 17 heavy (non-hydrogen) atoms. The summed E-state index contributed by atoms with van der Waals surface area (Å²) < 4.78 is 40.9. The maximum atomic E-state index is 12.2. The van der Waals surface area contributed by atoms with Gasteiger partial charge in [-0.25, -0.2) is 0 Å². The molecule has 1 aromatic heterocycles. The summed E-state index contributed by atoms with van der Waals surface area (Å²) in [6.45, 7) is 0.791. The number of pyridine rings is 1. The summed E-state index contributed by atoms with van der Waals surface area (Å²) in [6.07, 6.45) is -6.62. The number of aromatic nitrogens is 1. The Bertz CT molecular complexity index is 436. The molecule has 0 spiro atoms. The monoisotopic (exact) mass is 251 g/mol. The van der Waals surface area contributed by atoms with Crippen LogP contribution in [0.1, 0.15) is 6.92 Å². The third-order valence-electron chi connectivity index (χ3n) is 1.83. The van der Waals surface area contributed by atoms with E-state index in [0.29, 0.717) is 0 Å². The van der Waals surface area contributed by atoms with Gasteiger partial charge in [0.25, 0.3) is 0 Å². The van der Waals surface area contributed by atoms with E-state index in [1.165, 1.54) is 0 Å². The third kappa shape index (κ3) is 3.20. The molecule has 0 amide bonds. The van der Waals surface area contributed by atoms with Gasteiger partial charge in [0, 0.05) is 12.1 Å². The van der Waals surface area contributed by atoms with Gasteiger partial charge in [-0.05, 0) is 6.92 Å². The first-order chi connectivity index (χ1) is 7.71. The van der Waals surface area contributed by atoms with Crippen LogP contribution in [-0.4, -0.2) is 22.2 Å². The average molecular weight is 251 g/mol. The quantitative estimate of drug-likeness (QED) is 0.654. The van der Waals surface area contributed by atoms with Gasteiger partial charge >= 0.3 is 11.9 Å². The molecule has 1 aromatic rings. The Labute approximate surface area is 93.3 Å². The first-order valence-electron chi connectivity index (χ1n) is 4.36. The predicted octanol–water partition coefficient (Wildman–Crippen LogP) is 1.90. The van der Waals surface area contributed by atoms with Gasteiger partial charge in [-0.1, -0.05) is 0 Å². The van der Waals surface area contributed by atoms with Crippen LogP contribution in [0.15, 0.2) is 12.1 Å². The Hall–Kier alpha value is -2.06. The lowest BCUT2D eigenvalue weighted by molar-refractivity contribution is -0.384. The zero-order valence-electron chi connectivity index (χ0n) is 8.56. The van der Waals surface area contributed by atoms with Crippen molar-refractivity contribution in [3.05, 3.63) is 22.2 Å². The van der Waals surface area contributed by atoms with Gasteiger partial charge in [0.2, 0.25) is 11.7 Å². The Morgan fingerprint density at radius 2 is 2.12 bits per heavy atom. The number of nitrogens with zero attached hydrogens (tertiary/aromatic N) is 2. The molecule has 0 aliphatic carbocycles. The van der Waals surface area contributed by atoms with E-state index >= 15 is 0 Å². The van der Waals surface area contributed by atoms with Crippen LogP contribution in [0.2, 0.25) is 0 Å². The molecule has 0 radical (unpaired) electrons. The Morgan fingerprint density at radius 1 is 1.53 bits per heavy atom. The van der Waals surface area contributed by atoms with E-state index in [1.807, 2.05) is 0 Å². The molecule has 0 fully saturated rings. The zero-order chi connectivity index (χ0) is 13.2. The number of hydrogen-bond donors (Lipinski definition) is 1. The van der Waals surface area contributed by atoms with E-state index in [-0.39, 0.29) is 0 Å². The summed E-state index contributed by atoms with van der Waals surface area (Å²) in [5.74, 6) is -0.917. The zero-order valence-corrected chi connectivity index (χ0v) is 8.56. The smallest absolute Gasteiger partial charge is 0.425 e. The summed E-state index contributed by atoms with van der Waals surface area (Å²) >= 11 is 0. The number of hydrogen-bond acceptors (Lipinski definition) is 5. The molecule has 2 N–H and O–H groups in total. The van der Waals surface area contributed by atoms with E-state index in [4.69, 9.17) is 5.73 Å². The van der Waals surface area contributed by atoms with Crippen LogP contribution >= 0.6 is 0 Å². The summed E-state index contributed by atoms with van der Waals surface area (Å²) in [5.41, 5.74) is 4.70. The Balaban J connectivity index is 2.88. The van der Waals surface area contributed by atoms with E-state index in [9.17, 15) is 23.3 Å². The molecule has 1 atom stereocenters. The number of ether oxygens (including phenoxy) is 1. The third-order valence-corrected chi connectivity index (χ3v) is 1.83. The summed E-state index contributed by atoms with van der Waals surface area (Å²) in [7, 11) is 0. The summed E-state index contributed by atoms with van der Waals surface area (Å²) in [6, 6.07) is 1.89. The number of halogens is 3. The van der Waals surface area contributed by atoms with Crippen LogP contribution in [-0.2, 0) is 0 Å². The maximum absolute atomic E-state index is 12.2. The van der Waals surface area contributed by atoms with E-state index < -0.39 is 34.6 Å². The molecule has 6 nitrogen and oxygen atoms in total. The molecular weight excluding hydrogens is 243 g/mol. The number of alkyl halides is 3. The van der Waals surface area contributed by atoms with Crippen LogP contribution in [0.3, 0.4) is 0 Å². The van der Waals surface area contributed by atoms with Crippen LogP contribution < -0.4 is 10.5 Å². The van der Waals surface area contributed by atoms with Gasteiger partial charge in [0.1, 0.15) is 0 Å². The van der Waals surface area contributed by atoms with Crippen LogP contribution in [0.25, 0.3) is 0 Å². The highest BCUT2D eigenvalue weighted by molar-refractivity contribution is 5.53. The van der Waals surface area contributed by atoms with Gasteiger partial charge in [-0.2, -0.15) is 18.2 Å². The molecule has 9 heteroatoms. The topological polar surface area (TPSA) is 91.3 Å². The van der Waals surface area contributed by atoms with Crippen molar-refractivity contribution in [2.75, 3.05) is 5.73 Å². The fraction of sp³-hybridized carbons (Fsp3) is 0.375. The lowest BCUT2D eigenvalue weighted by Gasteiger charge is -2.16. The van der Waals surface area contributed by atoms with Crippen LogP contribution in [0.5, 0.6) is 5.88 Å². The van der Waals surface area contributed by atoms with Gasteiger partial charge in [0.15, 0.2) is 6.10 Å². The lowest BCUT2D eigenvalue weighted by Crippen LogP contribution is -2.31. The standard InChI is InChI=1S/C8H8F3N3O3/c1-4(8(9,10)11)17-6-3-2-5(14(15)16)7(12)13-6/h2-4H,1H3,(H2,12,13). The van der Waals surface area contributed by atoms with Crippen molar-refractivity contribution >= 4 is 11.5 Å². The highest BCUT2D eigenvalue weighted by atomic mass is 19.4. The molecular formula is C8H8F3N3O3. The first-order valence-corrected chi connectivity index (χ1v) is 4.36. The van der Waals surface area contributed by atoms with Gasteiger partial charge in [0.05, 0.1) is 4.92 Å². The van der Waals surface area contributed by atoms with Gasteiger partial charge < -0.3 is 10.5 Å². The number of anilines is 1. The van der Waals surface area contributed by atoms with Crippen molar-refractivity contribution in [2.24, 2.45) is 0 Å². The van der Waals surface area contributed by atoms with Crippen molar-refractivity contribution in [2.45, 2.75) is 19.2 Å². The van der Waals surface area contributed by atoms with Gasteiger partial charge in [-0.15, -0.1) is 0 Å². The van der Waals surface area contributed by atoms with E-state index in [0.717, 1.165) is 19.1 Å². The van der Waals surface area contributed by atoms with Crippen LogP contribution in [0, 0.1) is 10.1 Å². The Morgan fingerprint density at radius 3 is 2.53 bits per heavy atom. The molecule has 94 valence electrons. The van der Waals surface area contributed by atoms with Crippen LogP contribution in [0.4, 0.5) is 24.7 Å². The molecule has 1 unspecified atom stereocenters. The second-order valence-corrected chi connectivity index (χ2v) is 3.11. The second-order valence-electron chi connectivity index (χ2n) is 3.11. The van der Waals surface area contributed by atoms with E-state index in [2.05, 4.69) is 9.72 Å². The second kappa shape index (κ2) is 4.44. The molecule has 0 aromatic carbocycles. The van der Waals surface area contributed by atoms with Crippen molar-refractivity contribution < 1.29 is 22.8 Å². The molecule has 0 bridgehead atoms. The SMILES string of the molecule is CC(Oc1ccc([N+](=O)[O-])c(N)n1)C(F)(F)F. The van der Waals surface area contributed by atoms with Crippen molar-refractivity contribution in [1.29, 1.82) is 0 Å². The number of nitrogens with two attached hydrogens (primary N) is 1. The molecule has 1 rings (SSSR count). The largest absolute Gasteiger partial charge is 0.465 e. The molecule has 0 aliphatic rings. The molecule has 0 saturated heterocycles. The molecule has 0 saturated carbocycles. The normalized spacial score (nSPS) is 13.2. The minimum atomic E-state index is -4.54. The predicted molar refractivity (Wildman–Crippen MR) is 51.4 cm³/mol.